The molecule has 0 fully saturated rings. The van der Waals surface area contributed by atoms with Crippen molar-refractivity contribution in [2.24, 2.45) is 5.41 Å². The first kappa shape index (κ1) is 9.96. The largest absolute Gasteiger partial charge is 0.260 e. The highest BCUT2D eigenvalue weighted by atomic mass is 127. The molecule has 0 radical (unpaired) electrons. The highest BCUT2D eigenvalue weighted by Crippen LogP contribution is 2.21. The molecular weight excluding hydrogens is 261 g/mol. The third-order valence-electron chi connectivity index (χ3n) is 1.53. The third-order valence-corrected chi connectivity index (χ3v) is 2.51. The Labute approximate surface area is 87.7 Å². The standard InChI is InChI=1S/C10H14IN/c1-10(2,3)7-9-8(11)5-4-6-12-9/h4-6H,7H2,1-3H3. The Hall–Kier alpha value is -0.120. The van der Waals surface area contributed by atoms with Gasteiger partial charge in [0, 0.05) is 9.77 Å². The highest BCUT2D eigenvalue weighted by molar-refractivity contribution is 14.1. The van der Waals surface area contributed by atoms with Gasteiger partial charge in [0.05, 0.1) is 5.69 Å². The van der Waals surface area contributed by atoms with Crippen LogP contribution in [0, 0.1) is 8.99 Å². The quantitative estimate of drug-likeness (QED) is 0.717. The van der Waals surface area contributed by atoms with Gasteiger partial charge in [-0.2, -0.15) is 0 Å². The van der Waals surface area contributed by atoms with Crippen molar-refractivity contribution in [3.8, 4) is 0 Å². The molecule has 0 aliphatic rings. The predicted octanol–water partition coefficient (Wildman–Crippen LogP) is 3.27. The molecule has 2 heteroatoms. The van der Waals surface area contributed by atoms with Crippen LogP contribution in [-0.4, -0.2) is 4.98 Å². The van der Waals surface area contributed by atoms with E-state index in [4.69, 9.17) is 0 Å². The lowest BCUT2D eigenvalue weighted by Crippen LogP contribution is -2.11. The minimum Gasteiger partial charge on any atom is -0.260 e. The summed E-state index contributed by atoms with van der Waals surface area (Å²) in [5, 5.41) is 0. The van der Waals surface area contributed by atoms with Gasteiger partial charge in [0.1, 0.15) is 0 Å². The highest BCUT2D eigenvalue weighted by Gasteiger charge is 2.13. The summed E-state index contributed by atoms with van der Waals surface area (Å²) in [6, 6.07) is 4.09. The topological polar surface area (TPSA) is 12.9 Å². The van der Waals surface area contributed by atoms with Crippen LogP contribution in [-0.2, 0) is 6.42 Å². The molecule has 0 unspecified atom stereocenters. The second-order valence-electron chi connectivity index (χ2n) is 4.17. The van der Waals surface area contributed by atoms with E-state index in [1.807, 2.05) is 12.3 Å². The van der Waals surface area contributed by atoms with Crippen molar-refractivity contribution >= 4 is 22.6 Å². The molecule has 0 aliphatic carbocycles. The van der Waals surface area contributed by atoms with Crippen molar-refractivity contribution in [1.82, 2.24) is 4.98 Å². The summed E-state index contributed by atoms with van der Waals surface area (Å²) >= 11 is 2.34. The van der Waals surface area contributed by atoms with E-state index < -0.39 is 0 Å². The summed E-state index contributed by atoms with van der Waals surface area (Å²) in [7, 11) is 0. The molecule has 0 amide bonds. The van der Waals surface area contributed by atoms with Gasteiger partial charge in [-0.05, 0) is 46.6 Å². The number of hydrogen-bond donors (Lipinski definition) is 0. The molecule has 0 spiro atoms. The summed E-state index contributed by atoms with van der Waals surface area (Å²) in [6.45, 7) is 6.70. The summed E-state index contributed by atoms with van der Waals surface area (Å²) < 4.78 is 1.27. The monoisotopic (exact) mass is 275 g/mol. The van der Waals surface area contributed by atoms with Gasteiger partial charge >= 0.3 is 0 Å². The van der Waals surface area contributed by atoms with Gasteiger partial charge in [0.2, 0.25) is 0 Å². The molecule has 1 heterocycles. The van der Waals surface area contributed by atoms with Crippen molar-refractivity contribution in [1.29, 1.82) is 0 Å². The molecular formula is C10H14IN. The van der Waals surface area contributed by atoms with Crippen molar-refractivity contribution in [2.45, 2.75) is 27.2 Å². The molecule has 66 valence electrons. The molecule has 1 nitrogen and oxygen atoms in total. The number of halogens is 1. The van der Waals surface area contributed by atoms with E-state index in [-0.39, 0.29) is 0 Å². The lowest BCUT2D eigenvalue weighted by atomic mass is 9.90. The molecule has 0 aliphatic heterocycles. The number of aromatic nitrogens is 1. The Balaban J connectivity index is 2.83. The second kappa shape index (κ2) is 3.73. The van der Waals surface area contributed by atoms with Crippen LogP contribution in [0.15, 0.2) is 18.3 Å². The predicted molar refractivity (Wildman–Crippen MR) is 60.1 cm³/mol. The van der Waals surface area contributed by atoms with Crippen LogP contribution >= 0.6 is 22.6 Å². The van der Waals surface area contributed by atoms with E-state index in [0.717, 1.165) is 6.42 Å². The maximum Gasteiger partial charge on any atom is 0.0542 e. The molecule has 1 aromatic heterocycles. The lowest BCUT2D eigenvalue weighted by molar-refractivity contribution is 0.405. The van der Waals surface area contributed by atoms with Crippen LogP contribution in [0.4, 0.5) is 0 Å². The Morgan fingerprint density at radius 2 is 2.08 bits per heavy atom. The molecule has 0 aromatic carbocycles. The van der Waals surface area contributed by atoms with E-state index >= 15 is 0 Å². The molecule has 1 aromatic rings. The van der Waals surface area contributed by atoms with Crippen molar-refractivity contribution in [2.75, 3.05) is 0 Å². The second-order valence-corrected chi connectivity index (χ2v) is 5.33. The Morgan fingerprint density at radius 3 is 2.58 bits per heavy atom. The SMILES string of the molecule is CC(C)(C)Cc1ncccc1I. The number of pyridine rings is 1. The Morgan fingerprint density at radius 1 is 1.42 bits per heavy atom. The van der Waals surface area contributed by atoms with Gasteiger partial charge in [0.15, 0.2) is 0 Å². The van der Waals surface area contributed by atoms with Gasteiger partial charge in [-0.25, -0.2) is 0 Å². The van der Waals surface area contributed by atoms with Gasteiger partial charge in [-0.1, -0.05) is 20.8 Å². The molecule has 0 N–H and O–H groups in total. The summed E-state index contributed by atoms with van der Waals surface area (Å²) in [5.74, 6) is 0. The molecule has 0 saturated heterocycles. The summed E-state index contributed by atoms with van der Waals surface area (Å²) in [6.07, 6.45) is 2.91. The zero-order valence-corrected chi connectivity index (χ0v) is 9.92. The summed E-state index contributed by atoms with van der Waals surface area (Å²) in [4.78, 5) is 4.36. The molecule has 0 atom stereocenters. The van der Waals surface area contributed by atoms with Crippen LogP contribution in [0.25, 0.3) is 0 Å². The van der Waals surface area contributed by atoms with Gasteiger partial charge in [0.25, 0.3) is 0 Å². The first-order valence-corrected chi connectivity index (χ1v) is 5.16. The zero-order valence-electron chi connectivity index (χ0n) is 7.76. The fraction of sp³-hybridized carbons (Fsp3) is 0.500. The molecule has 1 rings (SSSR count). The first-order chi connectivity index (χ1) is 5.49. The number of nitrogens with zero attached hydrogens (tertiary/aromatic N) is 1. The molecule has 12 heavy (non-hydrogen) atoms. The number of hydrogen-bond acceptors (Lipinski definition) is 1. The molecule has 0 saturated carbocycles. The van der Waals surface area contributed by atoms with Gasteiger partial charge in [-0.15, -0.1) is 0 Å². The van der Waals surface area contributed by atoms with Crippen LogP contribution in [0.3, 0.4) is 0 Å². The van der Waals surface area contributed by atoms with Gasteiger partial charge in [-0.3, -0.25) is 4.98 Å². The maximum atomic E-state index is 4.36. The van der Waals surface area contributed by atoms with E-state index in [1.165, 1.54) is 9.26 Å². The minimum absolute atomic E-state index is 0.328. The fourth-order valence-corrected chi connectivity index (χ4v) is 1.59. The normalized spacial score (nSPS) is 11.7. The maximum absolute atomic E-state index is 4.36. The van der Waals surface area contributed by atoms with Crippen molar-refractivity contribution < 1.29 is 0 Å². The average molecular weight is 275 g/mol. The first-order valence-electron chi connectivity index (χ1n) is 4.08. The van der Waals surface area contributed by atoms with Crippen molar-refractivity contribution in [3.63, 3.8) is 0 Å². The van der Waals surface area contributed by atoms with Crippen LogP contribution in [0.1, 0.15) is 26.5 Å². The molecule has 0 bridgehead atoms. The third kappa shape index (κ3) is 3.09. The fourth-order valence-electron chi connectivity index (χ4n) is 1.05. The Kier molecular flexibility index (Phi) is 3.09. The van der Waals surface area contributed by atoms with Gasteiger partial charge < -0.3 is 0 Å². The van der Waals surface area contributed by atoms with E-state index in [1.54, 1.807) is 0 Å². The van der Waals surface area contributed by atoms with E-state index in [2.05, 4.69) is 54.4 Å². The Bertz CT molecular complexity index is 263. The lowest BCUT2D eigenvalue weighted by Gasteiger charge is -2.17. The average Bonchev–Trinajstić information content (AvgIpc) is 1.91. The summed E-state index contributed by atoms with van der Waals surface area (Å²) in [5.41, 5.74) is 1.54. The number of rotatable bonds is 1. The zero-order chi connectivity index (χ0) is 9.19. The van der Waals surface area contributed by atoms with Crippen LogP contribution in [0.2, 0.25) is 0 Å². The van der Waals surface area contributed by atoms with Crippen molar-refractivity contribution in [3.05, 3.63) is 27.6 Å². The van der Waals surface area contributed by atoms with Crippen LogP contribution < -0.4 is 0 Å². The van der Waals surface area contributed by atoms with Crippen LogP contribution in [0.5, 0.6) is 0 Å². The smallest absolute Gasteiger partial charge is 0.0542 e. The van der Waals surface area contributed by atoms with E-state index in [0.29, 0.717) is 5.41 Å². The van der Waals surface area contributed by atoms with E-state index in [9.17, 15) is 0 Å². The minimum atomic E-state index is 0.328.